The van der Waals surface area contributed by atoms with Crippen molar-refractivity contribution in [3.05, 3.63) is 23.7 Å². The third-order valence-electron chi connectivity index (χ3n) is 3.36. The first-order chi connectivity index (χ1) is 7.75. The van der Waals surface area contributed by atoms with Gasteiger partial charge in [0.25, 0.3) is 0 Å². The Bertz CT molecular complexity index is 315. The van der Waals surface area contributed by atoms with E-state index >= 15 is 0 Å². The molecule has 0 aromatic carbocycles. The van der Waals surface area contributed by atoms with Crippen molar-refractivity contribution in [2.24, 2.45) is 5.92 Å². The lowest BCUT2D eigenvalue weighted by Gasteiger charge is -2.24. The Morgan fingerprint density at radius 1 is 1.44 bits per heavy atom. The molecule has 1 saturated heterocycles. The first-order valence-electron chi connectivity index (χ1n) is 6.26. The van der Waals surface area contributed by atoms with E-state index in [1.54, 1.807) is 0 Å². The van der Waals surface area contributed by atoms with Gasteiger partial charge in [-0.15, -0.1) is 0 Å². The fourth-order valence-corrected chi connectivity index (χ4v) is 2.22. The molecule has 0 spiro atoms. The molecule has 1 fully saturated rings. The molecule has 0 bridgehead atoms. The summed E-state index contributed by atoms with van der Waals surface area (Å²) < 4.78 is 5.61. The predicted molar refractivity (Wildman–Crippen MR) is 65.5 cm³/mol. The molecule has 0 radical (unpaired) electrons. The Labute approximate surface area is 97.6 Å². The number of aryl methyl sites for hydroxylation is 1. The monoisotopic (exact) mass is 222 g/mol. The second-order valence-corrected chi connectivity index (χ2v) is 4.77. The van der Waals surface area contributed by atoms with Gasteiger partial charge in [0.2, 0.25) is 0 Å². The van der Waals surface area contributed by atoms with E-state index in [1.165, 1.54) is 25.9 Å². The van der Waals surface area contributed by atoms with Crippen molar-refractivity contribution in [2.45, 2.75) is 32.7 Å². The fourth-order valence-electron chi connectivity index (χ4n) is 2.22. The zero-order valence-electron chi connectivity index (χ0n) is 10.3. The normalized spacial score (nSPS) is 19.9. The number of nitrogens with one attached hydrogen (secondary N) is 2. The second-order valence-electron chi connectivity index (χ2n) is 4.77. The minimum Gasteiger partial charge on any atom is -0.465 e. The molecule has 1 aromatic heterocycles. The predicted octanol–water partition coefficient (Wildman–Crippen LogP) is 2.24. The van der Waals surface area contributed by atoms with Gasteiger partial charge in [-0.25, -0.2) is 0 Å². The van der Waals surface area contributed by atoms with Crippen LogP contribution >= 0.6 is 0 Å². The van der Waals surface area contributed by atoms with Crippen LogP contribution in [0.25, 0.3) is 0 Å². The molecule has 0 saturated carbocycles. The van der Waals surface area contributed by atoms with E-state index < -0.39 is 0 Å². The standard InChI is InChI=1S/C13H22N2O/c1-10-3-4-13(16-10)11(2)15-9-12-5-7-14-8-6-12/h3-4,11-12,14-15H,5-9H2,1-2H3. The molecule has 1 aliphatic heterocycles. The molecule has 3 heteroatoms. The molecule has 1 atom stereocenters. The number of furan rings is 1. The van der Waals surface area contributed by atoms with Gasteiger partial charge in [-0.1, -0.05) is 0 Å². The van der Waals surface area contributed by atoms with Gasteiger partial charge in [-0.05, 0) is 64.4 Å². The smallest absolute Gasteiger partial charge is 0.120 e. The minimum atomic E-state index is 0.323. The molecule has 2 rings (SSSR count). The summed E-state index contributed by atoms with van der Waals surface area (Å²) in [6, 6.07) is 4.41. The number of hydrogen-bond acceptors (Lipinski definition) is 3. The van der Waals surface area contributed by atoms with Crippen LogP contribution in [0.4, 0.5) is 0 Å². The Morgan fingerprint density at radius 3 is 2.81 bits per heavy atom. The zero-order valence-corrected chi connectivity index (χ0v) is 10.3. The highest BCUT2D eigenvalue weighted by Gasteiger charge is 2.15. The summed E-state index contributed by atoms with van der Waals surface area (Å²) in [5.41, 5.74) is 0. The molecular weight excluding hydrogens is 200 g/mol. The largest absolute Gasteiger partial charge is 0.465 e. The van der Waals surface area contributed by atoms with Gasteiger partial charge in [-0.3, -0.25) is 0 Å². The zero-order chi connectivity index (χ0) is 11.4. The molecule has 90 valence electrons. The van der Waals surface area contributed by atoms with Crippen molar-refractivity contribution >= 4 is 0 Å². The second kappa shape index (κ2) is 5.51. The molecule has 2 heterocycles. The highest BCUT2D eigenvalue weighted by molar-refractivity contribution is 5.08. The van der Waals surface area contributed by atoms with Crippen molar-refractivity contribution in [1.29, 1.82) is 0 Å². The van der Waals surface area contributed by atoms with E-state index in [-0.39, 0.29) is 0 Å². The Kier molecular flexibility index (Phi) is 4.02. The molecule has 2 N–H and O–H groups in total. The summed E-state index contributed by atoms with van der Waals surface area (Å²) in [5, 5.41) is 6.95. The summed E-state index contributed by atoms with van der Waals surface area (Å²) in [7, 11) is 0. The first kappa shape index (κ1) is 11.7. The maximum atomic E-state index is 5.61. The van der Waals surface area contributed by atoms with E-state index in [0.29, 0.717) is 6.04 Å². The van der Waals surface area contributed by atoms with E-state index in [1.807, 2.05) is 13.0 Å². The van der Waals surface area contributed by atoms with Crippen LogP contribution in [0, 0.1) is 12.8 Å². The maximum Gasteiger partial charge on any atom is 0.120 e. The van der Waals surface area contributed by atoms with Crippen molar-refractivity contribution in [3.8, 4) is 0 Å². The molecule has 1 aromatic rings. The molecule has 0 aliphatic carbocycles. The average molecular weight is 222 g/mol. The van der Waals surface area contributed by atoms with Crippen LogP contribution in [0.1, 0.15) is 37.3 Å². The Hall–Kier alpha value is -0.800. The topological polar surface area (TPSA) is 37.2 Å². The molecule has 1 aliphatic rings. The van der Waals surface area contributed by atoms with Crippen LogP contribution in [0.2, 0.25) is 0 Å². The minimum absolute atomic E-state index is 0.323. The summed E-state index contributed by atoms with van der Waals surface area (Å²) >= 11 is 0. The van der Waals surface area contributed by atoms with Crippen molar-refractivity contribution in [1.82, 2.24) is 10.6 Å². The van der Waals surface area contributed by atoms with Gasteiger partial charge < -0.3 is 15.1 Å². The fraction of sp³-hybridized carbons (Fsp3) is 0.692. The molecule has 1 unspecified atom stereocenters. The van der Waals surface area contributed by atoms with E-state index in [4.69, 9.17) is 4.42 Å². The SMILES string of the molecule is Cc1ccc(C(C)NCC2CCNCC2)o1. The molecular formula is C13H22N2O. The number of hydrogen-bond donors (Lipinski definition) is 2. The van der Waals surface area contributed by atoms with Gasteiger partial charge in [0.15, 0.2) is 0 Å². The van der Waals surface area contributed by atoms with Crippen molar-refractivity contribution in [3.63, 3.8) is 0 Å². The van der Waals surface area contributed by atoms with Gasteiger partial charge in [0, 0.05) is 0 Å². The lowest BCUT2D eigenvalue weighted by Crippen LogP contribution is -2.34. The molecule has 16 heavy (non-hydrogen) atoms. The Balaban J connectivity index is 1.76. The van der Waals surface area contributed by atoms with Crippen molar-refractivity contribution in [2.75, 3.05) is 19.6 Å². The third kappa shape index (κ3) is 3.09. The van der Waals surface area contributed by atoms with E-state index in [9.17, 15) is 0 Å². The third-order valence-corrected chi connectivity index (χ3v) is 3.36. The summed E-state index contributed by atoms with van der Waals surface area (Å²) in [6.07, 6.45) is 2.58. The van der Waals surface area contributed by atoms with Crippen LogP contribution in [0.15, 0.2) is 16.5 Å². The van der Waals surface area contributed by atoms with Gasteiger partial charge in [0.1, 0.15) is 11.5 Å². The van der Waals surface area contributed by atoms with Crippen LogP contribution in [0.3, 0.4) is 0 Å². The van der Waals surface area contributed by atoms with Crippen LogP contribution < -0.4 is 10.6 Å². The van der Waals surface area contributed by atoms with Gasteiger partial charge >= 0.3 is 0 Å². The number of rotatable bonds is 4. The quantitative estimate of drug-likeness (QED) is 0.820. The summed E-state index contributed by atoms with van der Waals surface area (Å²) in [4.78, 5) is 0. The Morgan fingerprint density at radius 2 is 2.19 bits per heavy atom. The molecule has 3 nitrogen and oxygen atoms in total. The lowest BCUT2D eigenvalue weighted by atomic mass is 9.98. The van der Waals surface area contributed by atoms with Crippen LogP contribution in [0.5, 0.6) is 0 Å². The highest BCUT2D eigenvalue weighted by Crippen LogP contribution is 2.17. The average Bonchev–Trinajstić information content (AvgIpc) is 2.74. The summed E-state index contributed by atoms with van der Waals surface area (Å²) in [5.74, 6) is 2.86. The van der Waals surface area contributed by atoms with Gasteiger partial charge in [0.05, 0.1) is 6.04 Å². The van der Waals surface area contributed by atoms with Crippen LogP contribution in [-0.4, -0.2) is 19.6 Å². The first-order valence-corrected chi connectivity index (χ1v) is 6.26. The van der Waals surface area contributed by atoms with E-state index in [0.717, 1.165) is 24.0 Å². The number of piperidine rings is 1. The van der Waals surface area contributed by atoms with Crippen molar-refractivity contribution < 1.29 is 4.42 Å². The van der Waals surface area contributed by atoms with E-state index in [2.05, 4.69) is 23.6 Å². The van der Waals surface area contributed by atoms with Crippen LogP contribution in [-0.2, 0) is 0 Å². The van der Waals surface area contributed by atoms with Gasteiger partial charge in [-0.2, -0.15) is 0 Å². The lowest BCUT2D eigenvalue weighted by molar-refractivity contribution is 0.330. The summed E-state index contributed by atoms with van der Waals surface area (Å²) in [6.45, 7) is 7.59. The highest BCUT2D eigenvalue weighted by atomic mass is 16.3. The maximum absolute atomic E-state index is 5.61. The molecule has 0 amide bonds.